The summed E-state index contributed by atoms with van der Waals surface area (Å²) < 4.78 is 4.86. The number of ether oxygens (including phenoxy) is 1. The molecule has 3 saturated carbocycles. The number of allylic oxidation sites excluding steroid dienone is 2. The minimum Gasteiger partial charge on any atom is -0.469 e. The zero-order valence-corrected chi connectivity index (χ0v) is 19.1. The number of esters is 1. The Morgan fingerprint density at radius 2 is 1.93 bits per heavy atom. The van der Waals surface area contributed by atoms with Gasteiger partial charge in [-0.2, -0.15) is 0 Å². The van der Waals surface area contributed by atoms with Gasteiger partial charge in [0.05, 0.1) is 7.11 Å². The molecule has 0 aromatic heterocycles. The number of hydrogen-bond donors (Lipinski definition) is 0. The molecule has 0 saturated heterocycles. The number of carbonyl (C=O) groups excluding carboxylic acids is 2. The van der Waals surface area contributed by atoms with Crippen LogP contribution in [0.15, 0.2) is 11.6 Å². The largest absolute Gasteiger partial charge is 0.469 e. The molecular formula is C26H40O3. The summed E-state index contributed by atoms with van der Waals surface area (Å²) in [7, 11) is 1.48. The Bertz CT molecular complexity index is 709. The fraction of sp³-hybridized carbons (Fsp3) is 0.846. The molecule has 3 fully saturated rings. The van der Waals surface area contributed by atoms with Crippen molar-refractivity contribution in [2.24, 2.45) is 46.3 Å². The molecule has 29 heavy (non-hydrogen) atoms. The summed E-state index contributed by atoms with van der Waals surface area (Å²) in [5.41, 5.74) is 1.96. The highest BCUT2D eigenvalue weighted by Gasteiger charge is 2.61. The predicted molar refractivity (Wildman–Crippen MR) is 115 cm³/mol. The normalized spacial score (nSPS) is 44.9. The quantitative estimate of drug-likeness (QED) is 0.546. The molecule has 0 amide bonds. The molecule has 0 aromatic carbocycles. The minimum atomic E-state index is -0.0974. The molecule has 162 valence electrons. The highest BCUT2D eigenvalue weighted by Crippen LogP contribution is 2.66. The van der Waals surface area contributed by atoms with E-state index in [0.29, 0.717) is 35.9 Å². The molecule has 0 radical (unpaired) electrons. The Hall–Kier alpha value is -1.12. The van der Waals surface area contributed by atoms with Gasteiger partial charge in [0.2, 0.25) is 0 Å². The molecule has 3 nitrogen and oxygen atoms in total. The van der Waals surface area contributed by atoms with Gasteiger partial charge in [0.1, 0.15) is 0 Å². The Labute approximate surface area is 177 Å². The van der Waals surface area contributed by atoms with E-state index in [1.807, 2.05) is 0 Å². The SMILES string of the molecule is COC(=O)CC[C@@H](C)C1CCC2C3C(=O)C=C4C[C@@H](C)CC[C@]4(C)C3CC[C@@]21C. The first kappa shape index (κ1) is 21.1. The van der Waals surface area contributed by atoms with E-state index < -0.39 is 0 Å². The molecule has 0 bridgehead atoms. The third-order valence-corrected chi connectivity index (χ3v) is 9.98. The van der Waals surface area contributed by atoms with E-state index in [0.717, 1.165) is 18.8 Å². The molecule has 4 aliphatic rings. The van der Waals surface area contributed by atoms with Gasteiger partial charge in [0, 0.05) is 12.3 Å². The zero-order valence-electron chi connectivity index (χ0n) is 19.1. The van der Waals surface area contributed by atoms with Gasteiger partial charge >= 0.3 is 5.97 Å². The number of methoxy groups -OCH3 is 1. The second-order valence-corrected chi connectivity index (χ2v) is 11.4. The first-order chi connectivity index (χ1) is 13.7. The van der Waals surface area contributed by atoms with Crippen molar-refractivity contribution in [2.45, 2.75) is 85.5 Å². The van der Waals surface area contributed by atoms with Crippen LogP contribution in [0, 0.1) is 46.3 Å². The van der Waals surface area contributed by atoms with Crippen LogP contribution in [0.1, 0.15) is 85.5 Å². The first-order valence-corrected chi connectivity index (χ1v) is 12.0. The summed E-state index contributed by atoms with van der Waals surface area (Å²) in [5, 5.41) is 0. The molecule has 0 N–H and O–H groups in total. The van der Waals surface area contributed by atoms with Gasteiger partial charge in [0.25, 0.3) is 0 Å². The van der Waals surface area contributed by atoms with Crippen molar-refractivity contribution < 1.29 is 14.3 Å². The van der Waals surface area contributed by atoms with Crippen molar-refractivity contribution in [3.8, 4) is 0 Å². The maximum atomic E-state index is 13.4. The Morgan fingerprint density at radius 1 is 1.17 bits per heavy atom. The second kappa shape index (κ2) is 7.54. The third-order valence-electron chi connectivity index (χ3n) is 9.98. The van der Waals surface area contributed by atoms with E-state index in [2.05, 4.69) is 33.8 Å². The lowest BCUT2D eigenvalue weighted by molar-refractivity contribution is -0.141. The molecule has 4 aliphatic carbocycles. The third kappa shape index (κ3) is 3.31. The standard InChI is InChI=1S/C26H40O3/c1-16-10-12-25(3)18(14-16)15-22(27)24-20-8-7-19(17(2)6-9-23(28)29-5)26(20,4)13-11-21(24)25/h15-17,19-21,24H,6-14H2,1-5H3/t16-,17+,19?,20?,21?,24?,25-,26+/m0/s1. The van der Waals surface area contributed by atoms with Gasteiger partial charge in [-0.15, -0.1) is 0 Å². The lowest BCUT2D eigenvalue weighted by Crippen LogP contribution is -2.53. The highest BCUT2D eigenvalue weighted by atomic mass is 16.5. The van der Waals surface area contributed by atoms with Gasteiger partial charge in [-0.3, -0.25) is 9.59 Å². The van der Waals surface area contributed by atoms with Crippen molar-refractivity contribution in [3.63, 3.8) is 0 Å². The van der Waals surface area contributed by atoms with Crippen molar-refractivity contribution in [3.05, 3.63) is 11.6 Å². The number of hydrogen-bond acceptors (Lipinski definition) is 3. The van der Waals surface area contributed by atoms with Crippen LogP contribution < -0.4 is 0 Å². The highest BCUT2D eigenvalue weighted by molar-refractivity contribution is 5.94. The summed E-state index contributed by atoms with van der Waals surface area (Å²) in [4.78, 5) is 25.1. The van der Waals surface area contributed by atoms with Crippen molar-refractivity contribution in [1.82, 2.24) is 0 Å². The molecule has 0 spiro atoms. The molecule has 3 heteroatoms. The van der Waals surface area contributed by atoms with Crippen LogP contribution in [0.3, 0.4) is 0 Å². The number of carbonyl (C=O) groups is 2. The van der Waals surface area contributed by atoms with Gasteiger partial charge in [0.15, 0.2) is 5.78 Å². The van der Waals surface area contributed by atoms with E-state index in [9.17, 15) is 9.59 Å². The lowest BCUT2D eigenvalue weighted by Gasteiger charge is -2.57. The smallest absolute Gasteiger partial charge is 0.305 e. The summed E-state index contributed by atoms with van der Waals surface area (Å²) in [5.74, 6) is 3.49. The molecular weight excluding hydrogens is 360 g/mol. The zero-order chi connectivity index (χ0) is 21.0. The Kier molecular flexibility index (Phi) is 5.49. The van der Waals surface area contributed by atoms with E-state index in [4.69, 9.17) is 4.74 Å². The van der Waals surface area contributed by atoms with Gasteiger partial charge < -0.3 is 4.74 Å². The molecule has 8 atom stereocenters. The second-order valence-electron chi connectivity index (χ2n) is 11.4. The van der Waals surface area contributed by atoms with Crippen LogP contribution in [0.5, 0.6) is 0 Å². The summed E-state index contributed by atoms with van der Waals surface area (Å²) in [6.07, 6.45) is 12.1. The summed E-state index contributed by atoms with van der Waals surface area (Å²) in [6.45, 7) is 9.60. The van der Waals surface area contributed by atoms with E-state index in [1.165, 1.54) is 51.2 Å². The number of rotatable bonds is 4. The topological polar surface area (TPSA) is 43.4 Å². The van der Waals surface area contributed by atoms with Gasteiger partial charge in [-0.05, 0) is 97.9 Å². The number of ketones is 1. The summed E-state index contributed by atoms with van der Waals surface area (Å²) >= 11 is 0. The first-order valence-electron chi connectivity index (χ1n) is 12.0. The molecule has 0 aliphatic heterocycles. The van der Waals surface area contributed by atoms with E-state index in [-0.39, 0.29) is 22.7 Å². The van der Waals surface area contributed by atoms with Gasteiger partial charge in [-0.1, -0.05) is 33.3 Å². The Balaban J connectivity index is 1.57. The van der Waals surface area contributed by atoms with Crippen LogP contribution in [0.25, 0.3) is 0 Å². The predicted octanol–water partition coefficient (Wildman–Crippen LogP) is 5.97. The number of fused-ring (bicyclic) bond motifs is 5. The Morgan fingerprint density at radius 3 is 2.66 bits per heavy atom. The van der Waals surface area contributed by atoms with E-state index >= 15 is 0 Å². The van der Waals surface area contributed by atoms with E-state index in [1.54, 1.807) is 0 Å². The van der Waals surface area contributed by atoms with Crippen molar-refractivity contribution in [1.29, 1.82) is 0 Å². The van der Waals surface area contributed by atoms with Crippen LogP contribution in [0.2, 0.25) is 0 Å². The minimum absolute atomic E-state index is 0.0974. The van der Waals surface area contributed by atoms with Crippen LogP contribution in [-0.2, 0) is 14.3 Å². The van der Waals surface area contributed by atoms with Crippen LogP contribution >= 0.6 is 0 Å². The summed E-state index contributed by atoms with van der Waals surface area (Å²) in [6, 6.07) is 0. The average molecular weight is 401 g/mol. The fourth-order valence-electron chi connectivity index (χ4n) is 8.21. The van der Waals surface area contributed by atoms with Crippen molar-refractivity contribution in [2.75, 3.05) is 7.11 Å². The van der Waals surface area contributed by atoms with Crippen LogP contribution in [-0.4, -0.2) is 18.9 Å². The monoisotopic (exact) mass is 400 g/mol. The molecule has 0 heterocycles. The average Bonchev–Trinajstić information content (AvgIpc) is 3.04. The fourth-order valence-corrected chi connectivity index (χ4v) is 8.21. The molecule has 4 unspecified atom stereocenters. The maximum absolute atomic E-state index is 13.4. The molecule has 0 aromatic rings. The van der Waals surface area contributed by atoms with Gasteiger partial charge in [-0.25, -0.2) is 0 Å². The lowest BCUT2D eigenvalue weighted by atomic mass is 9.46. The maximum Gasteiger partial charge on any atom is 0.305 e. The molecule has 4 rings (SSSR count). The van der Waals surface area contributed by atoms with Crippen molar-refractivity contribution >= 4 is 11.8 Å². The van der Waals surface area contributed by atoms with Crippen LogP contribution in [0.4, 0.5) is 0 Å².